The highest BCUT2D eigenvalue weighted by molar-refractivity contribution is 6.30. The number of nitrogens with zero attached hydrogens (tertiary/aromatic N) is 2. The third kappa shape index (κ3) is 5.30. The SMILES string of the molecule is Cc1ccc(NC2CNC2)cc1C(=O)NC(C)c1cc(-c2cccc(Cl)c2)cc(-c2cnn(C)c2)c1. The van der Waals surface area contributed by atoms with Crippen molar-refractivity contribution in [1.29, 1.82) is 0 Å². The Morgan fingerprint density at radius 3 is 2.50 bits per heavy atom. The minimum atomic E-state index is -0.209. The zero-order valence-corrected chi connectivity index (χ0v) is 21.4. The summed E-state index contributed by atoms with van der Waals surface area (Å²) in [5.74, 6) is -0.0912. The maximum atomic E-state index is 13.3. The first-order valence-electron chi connectivity index (χ1n) is 12.1. The topological polar surface area (TPSA) is 71.0 Å². The average molecular weight is 500 g/mol. The summed E-state index contributed by atoms with van der Waals surface area (Å²) in [5.41, 5.74) is 7.70. The quantitative estimate of drug-likeness (QED) is 0.310. The van der Waals surface area contributed by atoms with E-state index in [4.69, 9.17) is 11.6 Å². The van der Waals surface area contributed by atoms with Gasteiger partial charge in [-0.25, -0.2) is 0 Å². The Labute approximate surface area is 216 Å². The molecule has 1 saturated heterocycles. The molecule has 1 atom stereocenters. The molecule has 2 heterocycles. The molecule has 1 aliphatic rings. The number of anilines is 1. The fourth-order valence-electron chi connectivity index (χ4n) is 4.41. The van der Waals surface area contributed by atoms with Gasteiger partial charge in [-0.15, -0.1) is 0 Å². The molecule has 5 rings (SSSR count). The molecule has 0 bridgehead atoms. The average Bonchev–Trinajstić information content (AvgIpc) is 3.28. The number of rotatable bonds is 7. The minimum absolute atomic E-state index is 0.0912. The van der Waals surface area contributed by atoms with E-state index in [0.717, 1.165) is 52.2 Å². The maximum Gasteiger partial charge on any atom is 0.252 e. The minimum Gasteiger partial charge on any atom is -0.380 e. The van der Waals surface area contributed by atoms with Gasteiger partial charge in [0, 0.05) is 48.2 Å². The van der Waals surface area contributed by atoms with Gasteiger partial charge >= 0.3 is 0 Å². The number of carbonyl (C=O) groups is 1. The van der Waals surface area contributed by atoms with E-state index in [1.807, 2.05) is 75.8 Å². The second-order valence-corrected chi connectivity index (χ2v) is 9.92. The Balaban J connectivity index is 1.44. The van der Waals surface area contributed by atoms with Crippen molar-refractivity contribution in [3.8, 4) is 22.3 Å². The van der Waals surface area contributed by atoms with Gasteiger partial charge in [-0.3, -0.25) is 9.48 Å². The van der Waals surface area contributed by atoms with Gasteiger partial charge in [-0.05, 0) is 84.1 Å². The predicted molar refractivity (Wildman–Crippen MR) is 146 cm³/mol. The molecular weight excluding hydrogens is 470 g/mol. The highest BCUT2D eigenvalue weighted by Gasteiger charge is 2.19. The van der Waals surface area contributed by atoms with Crippen molar-refractivity contribution in [2.45, 2.75) is 25.9 Å². The largest absolute Gasteiger partial charge is 0.380 e. The molecule has 0 aliphatic carbocycles. The number of aryl methyl sites for hydroxylation is 2. The fourth-order valence-corrected chi connectivity index (χ4v) is 4.60. The van der Waals surface area contributed by atoms with Crippen LogP contribution in [0.1, 0.15) is 34.5 Å². The summed E-state index contributed by atoms with van der Waals surface area (Å²) in [6, 6.07) is 20.3. The molecule has 1 fully saturated rings. The van der Waals surface area contributed by atoms with Crippen LogP contribution in [0.25, 0.3) is 22.3 Å². The first-order valence-corrected chi connectivity index (χ1v) is 12.5. The molecule has 3 N–H and O–H groups in total. The molecule has 0 spiro atoms. The highest BCUT2D eigenvalue weighted by atomic mass is 35.5. The summed E-state index contributed by atoms with van der Waals surface area (Å²) < 4.78 is 1.79. The van der Waals surface area contributed by atoms with Crippen molar-refractivity contribution < 1.29 is 4.79 Å². The summed E-state index contributed by atoms with van der Waals surface area (Å²) in [6.07, 6.45) is 3.84. The van der Waals surface area contributed by atoms with Gasteiger partial charge in [0.25, 0.3) is 5.91 Å². The Hall–Kier alpha value is -3.61. The van der Waals surface area contributed by atoms with Crippen LogP contribution in [0.5, 0.6) is 0 Å². The number of carbonyl (C=O) groups excluding carboxylic acids is 1. The van der Waals surface area contributed by atoms with Crippen LogP contribution < -0.4 is 16.0 Å². The van der Waals surface area contributed by atoms with Crippen molar-refractivity contribution in [2.75, 3.05) is 18.4 Å². The third-order valence-corrected chi connectivity index (χ3v) is 6.87. The van der Waals surface area contributed by atoms with Crippen molar-refractivity contribution in [2.24, 2.45) is 7.05 Å². The lowest BCUT2D eigenvalue weighted by atomic mass is 9.94. The van der Waals surface area contributed by atoms with E-state index in [-0.39, 0.29) is 11.9 Å². The number of hydrogen-bond acceptors (Lipinski definition) is 4. The Bertz CT molecular complexity index is 1410. The maximum absolute atomic E-state index is 13.3. The summed E-state index contributed by atoms with van der Waals surface area (Å²) in [6.45, 7) is 5.86. The zero-order chi connectivity index (χ0) is 25.2. The van der Waals surface area contributed by atoms with Crippen LogP contribution in [0.3, 0.4) is 0 Å². The molecule has 0 saturated carbocycles. The number of amides is 1. The van der Waals surface area contributed by atoms with E-state index in [2.05, 4.69) is 39.2 Å². The van der Waals surface area contributed by atoms with Gasteiger partial charge in [0.1, 0.15) is 0 Å². The van der Waals surface area contributed by atoms with Gasteiger partial charge < -0.3 is 16.0 Å². The zero-order valence-electron chi connectivity index (χ0n) is 20.7. The molecule has 1 aromatic heterocycles. The van der Waals surface area contributed by atoms with Crippen LogP contribution in [0.2, 0.25) is 5.02 Å². The Morgan fingerprint density at radius 2 is 1.83 bits per heavy atom. The first kappa shape index (κ1) is 24.1. The molecule has 7 heteroatoms. The summed E-state index contributed by atoms with van der Waals surface area (Å²) in [4.78, 5) is 13.3. The monoisotopic (exact) mass is 499 g/mol. The summed E-state index contributed by atoms with van der Waals surface area (Å²) in [5, 5.41) is 15.0. The number of halogens is 1. The van der Waals surface area contributed by atoms with Crippen LogP contribution in [0.4, 0.5) is 5.69 Å². The molecule has 1 unspecified atom stereocenters. The number of aromatic nitrogens is 2. The van der Waals surface area contributed by atoms with Crippen molar-refractivity contribution in [3.63, 3.8) is 0 Å². The van der Waals surface area contributed by atoms with Gasteiger partial charge in [0.15, 0.2) is 0 Å². The molecule has 1 aliphatic heterocycles. The van der Waals surface area contributed by atoms with Crippen LogP contribution in [-0.2, 0) is 7.05 Å². The van der Waals surface area contributed by atoms with E-state index >= 15 is 0 Å². The predicted octanol–water partition coefficient (Wildman–Crippen LogP) is 5.59. The number of nitrogens with one attached hydrogen (secondary N) is 3. The molecule has 6 nitrogen and oxygen atoms in total. The molecule has 1 amide bonds. The molecule has 4 aromatic rings. The van der Waals surface area contributed by atoms with Crippen molar-refractivity contribution >= 4 is 23.2 Å². The van der Waals surface area contributed by atoms with E-state index in [0.29, 0.717) is 16.6 Å². The normalized spacial score (nSPS) is 14.2. The molecule has 0 radical (unpaired) electrons. The van der Waals surface area contributed by atoms with E-state index in [1.54, 1.807) is 4.68 Å². The third-order valence-electron chi connectivity index (χ3n) is 6.63. The lowest BCUT2D eigenvalue weighted by Crippen LogP contribution is -2.51. The van der Waals surface area contributed by atoms with Crippen molar-refractivity contribution in [1.82, 2.24) is 20.4 Å². The second kappa shape index (κ2) is 10.2. The molecular formula is C29H30ClN5O. The highest BCUT2D eigenvalue weighted by Crippen LogP contribution is 2.32. The summed E-state index contributed by atoms with van der Waals surface area (Å²) >= 11 is 6.29. The molecule has 184 valence electrons. The standard InChI is InChI=1S/C29H30ClN5O/c1-18-7-8-26(34-27-15-31-16-27)13-28(18)29(36)33-19(2)21-9-22(20-5-4-6-25(30)12-20)11-23(10-21)24-14-32-35(3)17-24/h4-14,17,19,27,31,34H,15-16H2,1-3H3,(H,33,36). The van der Waals surface area contributed by atoms with Gasteiger partial charge in [-0.2, -0.15) is 5.10 Å². The van der Waals surface area contributed by atoms with Crippen LogP contribution in [-0.4, -0.2) is 34.8 Å². The molecule has 3 aromatic carbocycles. The summed E-state index contributed by atoms with van der Waals surface area (Å²) in [7, 11) is 1.90. The van der Waals surface area contributed by atoms with Gasteiger partial charge in [0.2, 0.25) is 0 Å². The van der Waals surface area contributed by atoms with E-state index in [9.17, 15) is 4.79 Å². The second-order valence-electron chi connectivity index (χ2n) is 9.48. The fraction of sp³-hybridized carbons (Fsp3) is 0.241. The first-order chi connectivity index (χ1) is 17.4. The lowest BCUT2D eigenvalue weighted by Gasteiger charge is -2.29. The van der Waals surface area contributed by atoms with E-state index < -0.39 is 0 Å². The van der Waals surface area contributed by atoms with Gasteiger partial charge in [0.05, 0.1) is 18.3 Å². The molecule has 36 heavy (non-hydrogen) atoms. The van der Waals surface area contributed by atoms with Crippen LogP contribution in [0, 0.1) is 6.92 Å². The van der Waals surface area contributed by atoms with E-state index in [1.165, 1.54) is 0 Å². The van der Waals surface area contributed by atoms with Crippen LogP contribution >= 0.6 is 11.6 Å². The smallest absolute Gasteiger partial charge is 0.252 e. The number of hydrogen-bond donors (Lipinski definition) is 3. The van der Waals surface area contributed by atoms with Crippen LogP contribution in [0.15, 0.2) is 73.1 Å². The van der Waals surface area contributed by atoms with Gasteiger partial charge in [-0.1, -0.05) is 29.8 Å². The van der Waals surface area contributed by atoms with Crippen molar-refractivity contribution in [3.05, 3.63) is 94.8 Å². The Morgan fingerprint density at radius 1 is 1.06 bits per heavy atom. The number of benzene rings is 3. The Kier molecular flexibility index (Phi) is 6.81. The lowest BCUT2D eigenvalue weighted by molar-refractivity contribution is 0.0939.